The van der Waals surface area contributed by atoms with E-state index in [1.807, 2.05) is 0 Å². The molecular formula is C22H33FN6O7. The molecule has 14 heteroatoms. The van der Waals surface area contributed by atoms with Gasteiger partial charge in [0.05, 0.1) is 12.6 Å². The van der Waals surface area contributed by atoms with Crippen LogP contribution in [0.25, 0.3) is 0 Å². The molecule has 0 fully saturated rings. The molecule has 1 heterocycles. The maximum Gasteiger partial charge on any atom is 0.411 e. The smallest absolute Gasteiger partial charge is 0.411 e. The molecule has 0 radical (unpaired) electrons. The van der Waals surface area contributed by atoms with Crippen LogP contribution in [0, 0.1) is 5.82 Å². The van der Waals surface area contributed by atoms with E-state index in [0.29, 0.717) is 17.2 Å². The number of nitrogens with one attached hydrogen (secondary N) is 2. The number of halogens is 1. The first-order valence-corrected chi connectivity index (χ1v) is 11.5. The zero-order chi connectivity index (χ0) is 27.3. The highest BCUT2D eigenvalue weighted by Crippen LogP contribution is 2.06. The first kappa shape index (κ1) is 30.2. The van der Waals surface area contributed by atoms with E-state index < -0.39 is 60.1 Å². The van der Waals surface area contributed by atoms with Crippen molar-refractivity contribution in [1.82, 2.24) is 19.8 Å². The van der Waals surface area contributed by atoms with Gasteiger partial charge in [0.2, 0.25) is 17.6 Å². The van der Waals surface area contributed by atoms with Crippen molar-refractivity contribution in [1.29, 1.82) is 0 Å². The number of amides is 4. The number of ether oxygens (including phenoxy) is 1. The van der Waals surface area contributed by atoms with E-state index in [0.717, 1.165) is 30.6 Å². The molecule has 1 rings (SSSR count). The molecule has 0 bridgehead atoms. The molecule has 0 unspecified atom stereocenters. The van der Waals surface area contributed by atoms with Crippen LogP contribution in [0.15, 0.2) is 20.8 Å². The molecule has 4 N–H and O–H groups in total. The van der Waals surface area contributed by atoms with Gasteiger partial charge in [-0.25, -0.2) is 14.6 Å². The minimum Gasteiger partial charge on any atom is -0.427 e. The van der Waals surface area contributed by atoms with Crippen LogP contribution in [0.3, 0.4) is 0 Å². The molecule has 13 nitrogen and oxygen atoms in total. The van der Waals surface area contributed by atoms with Crippen molar-refractivity contribution in [3.8, 4) is 0 Å². The summed E-state index contributed by atoms with van der Waals surface area (Å²) < 4.78 is 18.9. The average molecular weight is 513 g/mol. The Labute approximate surface area is 206 Å². The summed E-state index contributed by atoms with van der Waals surface area (Å²) in [5.74, 6) is -3.36. The van der Waals surface area contributed by atoms with E-state index in [9.17, 15) is 33.2 Å². The van der Waals surface area contributed by atoms with Gasteiger partial charge in [0.25, 0.3) is 11.5 Å². The van der Waals surface area contributed by atoms with E-state index >= 15 is 0 Å². The molecule has 0 saturated heterocycles. The fourth-order valence-corrected chi connectivity index (χ4v) is 3.07. The molecule has 200 valence electrons. The standard InChI is InChI=1S/C22H33FN6O7/c1-4-5-6-7-8-9-18(31)26-16(10-17(24)30)20(33)25-14(2)11-28(3)22(35)36-13-29-12-15(23)19(32)27-21(29)34/h12,14H,4-11,13H2,1-3H3,(H2,24,30)(H,25,33)(H,27,32,34)/t14-/m1/s1. The van der Waals surface area contributed by atoms with Crippen LogP contribution in [0.2, 0.25) is 0 Å². The molecule has 0 aliphatic rings. The second-order valence-electron chi connectivity index (χ2n) is 8.26. The minimum atomic E-state index is -1.22. The monoisotopic (exact) mass is 512 g/mol. The third-order valence-electron chi connectivity index (χ3n) is 4.89. The summed E-state index contributed by atoms with van der Waals surface area (Å²) in [5, 5.41) is 2.53. The predicted octanol–water partition coefficient (Wildman–Crippen LogP) is 0.410. The van der Waals surface area contributed by atoms with Gasteiger partial charge >= 0.3 is 11.8 Å². The fourth-order valence-electron chi connectivity index (χ4n) is 3.07. The van der Waals surface area contributed by atoms with Crippen molar-refractivity contribution >= 4 is 29.5 Å². The Morgan fingerprint density at radius 2 is 1.89 bits per heavy atom. The summed E-state index contributed by atoms with van der Waals surface area (Å²) in [4.78, 5) is 77.4. The lowest BCUT2D eigenvalue weighted by Gasteiger charge is -2.22. The average Bonchev–Trinajstić information content (AvgIpc) is 2.79. The number of hydrogen-bond donors (Lipinski definition) is 3. The highest BCUT2D eigenvalue weighted by Gasteiger charge is 2.20. The number of rotatable bonds is 14. The molecular weight excluding hydrogens is 479 g/mol. The Balaban J connectivity index is 2.65. The topological polar surface area (TPSA) is 186 Å². The van der Waals surface area contributed by atoms with Crippen LogP contribution >= 0.6 is 0 Å². The highest BCUT2D eigenvalue weighted by molar-refractivity contribution is 6.43. The number of nitrogens with zero attached hydrogens (tertiary/aromatic N) is 3. The van der Waals surface area contributed by atoms with Crippen LogP contribution < -0.4 is 22.3 Å². The fraction of sp³-hybridized carbons (Fsp3) is 0.591. The minimum absolute atomic E-state index is 0.0608. The van der Waals surface area contributed by atoms with Gasteiger partial charge in [-0.3, -0.25) is 28.7 Å². The van der Waals surface area contributed by atoms with Crippen molar-refractivity contribution in [3.63, 3.8) is 0 Å². The number of carbonyl (C=O) groups excluding carboxylic acids is 4. The normalized spacial score (nSPS) is 12.1. The van der Waals surface area contributed by atoms with Gasteiger partial charge < -0.3 is 20.7 Å². The van der Waals surface area contributed by atoms with Crippen molar-refractivity contribution in [2.24, 2.45) is 10.7 Å². The number of nitrogens with two attached hydrogens (primary N) is 1. The quantitative estimate of drug-likeness (QED) is 0.238. The molecule has 0 aliphatic heterocycles. The number of carbonyl (C=O) groups is 4. The van der Waals surface area contributed by atoms with E-state index in [1.165, 1.54) is 7.05 Å². The molecule has 4 amide bonds. The van der Waals surface area contributed by atoms with Gasteiger partial charge in [0.1, 0.15) is 5.71 Å². The Kier molecular flexibility index (Phi) is 12.8. The van der Waals surface area contributed by atoms with Gasteiger partial charge in [-0.1, -0.05) is 32.6 Å². The van der Waals surface area contributed by atoms with Crippen molar-refractivity contribution in [2.75, 3.05) is 13.6 Å². The number of likely N-dealkylation sites (N-methyl/N-ethyl adjacent to an activating group) is 1. The lowest BCUT2D eigenvalue weighted by Crippen LogP contribution is -2.46. The Hall–Kier alpha value is -3.84. The largest absolute Gasteiger partial charge is 0.427 e. The number of primary amides is 1. The lowest BCUT2D eigenvalue weighted by molar-refractivity contribution is -0.120. The molecule has 0 aliphatic carbocycles. The summed E-state index contributed by atoms with van der Waals surface area (Å²) in [5.41, 5.74) is 2.69. The van der Waals surface area contributed by atoms with Gasteiger partial charge in [0, 0.05) is 26.1 Å². The molecule has 1 atom stereocenters. The van der Waals surface area contributed by atoms with Crippen molar-refractivity contribution in [2.45, 2.75) is 71.6 Å². The first-order chi connectivity index (χ1) is 16.9. The summed E-state index contributed by atoms with van der Waals surface area (Å²) in [6, 6.07) is -0.662. The molecule has 36 heavy (non-hydrogen) atoms. The van der Waals surface area contributed by atoms with E-state index in [2.05, 4.69) is 17.2 Å². The number of hydrogen-bond acceptors (Lipinski definition) is 7. The third-order valence-corrected chi connectivity index (χ3v) is 4.89. The maximum absolute atomic E-state index is 13.3. The second-order valence-corrected chi connectivity index (χ2v) is 8.26. The second kappa shape index (κ2) is 15.2. The van der Waals surface area contributed by atoms with Crippen LogP contribution in [-0.2, 0) is 25.9 Å². The van der Waals surface area contributed by atoms with Crippen LogP contribution in [0.4, 0.5) is 9.18 Å². The van der Waals surface area contributed by atoms with Crippen molar-refractivity contribution in [3.05, 3.63) is 32.9 Å². The number of H-pyrrole nitrogens is 1. The zero-order valence-corrected chi connectivity index (χ0v) is 20.7. The number of aromatic amines is 1. The van der Waals surface area contributed by atoms with Crippen LogP contribution in [0.1, 0.15) is 58.8 Å². The SMILES string of the molecule is CCCCCCCC(=O)N=C(CC(N)=O)C(=O)N[C@H](C)CN(C)C(=O)OCn1cc(F)c(=O)[nH]c1=O. The Morgan fingerprint density at radius 1 is 1.22 bits per heavy atom. The van der Waals surface area contributed by atoms with Crippen molar-refractivity contribution < 1.29 is 28.3 Å². The summed E-state index contributed by atoms with van der Waals surface area (Å²) >= 11 is 0. The van der Waals surface area contributed by atoms with Gasteiger partial charge in [-0.2, -0.15) is 4.39 Å². The van der Waals surface area contributed by atoms with Crippen LogP contribution in [0.5, 0.6) is 0 Å². The maximum atomic E-state index is 13.3. The molecule has 1 aromatic rings. The number of aliphatic imine (C=N–C) groups is 1. The number of unbranched alkanes of at least 4 members (excludes halogenated alkanes) is 4. The van der Waals surface area contributed by atoms with E-state index in [4.69, 9.17) is 10.5 Å². The summed E-state index contributed by atoms with van der Waals surface area (Å²) in [6.07, 6.45) is 3.92. The Bertz CT molecular complexity index is 1080. The lowest BCUT2D eigenvalue weighted by atomic mass is 10.1. The predicted molar refractivity (Wildman–Crippen MR) is 128 cm³/mol. The van der Waals surface area contributed by atoms with Crippen LogP contribution in [-0.4, -0.2) is 63.6 Å². The molecule has 0 aromatic carbocycles. The third kappa shape index (κ3) is 11.1. The summed E-state index contributed by atoms with van der Waals surface area (Å²) in [7, 11) is 1.35. The highest BCUT2D eigenvalue weighted by atomic mass is 19.1. The molecule has 0 spiro atoms. The first-order valence-electron chi connectivity index (χ1n) is 11.5. The molecule has 0 saturated carbocycles. The zero-order valence-electron chi connectivity index (χ0n) is 20.7. The van der Waals surface area contributed by atoms with E-state index in [1.54, 1.807) is 11.9 Å². The molecule has 1 aromatic heterocycles. The van der Waals surface area contributed by atoms with Gasteiger partial charge in [-0.05, 0) is 13.3 Å². The summed E-state index contributed by atoms with van der Waals surface area (Å²) in [6.45, 7) is 2.91. The van der Waals surface area contributed by atoms with Gasteiger partial charge in [-0.15, -0.1) is 0 Å². The number of aromatic nitrogens is 2. The van der Waals surface area contributed by atoms with Gasteiger partial charge in [0.15, 0.2) is 6.73 Å². The van der Waals surface area contributed by atoms with E-state index in [-0.39, 0.29) is 18.7 Å². The Morgan fingerprint density at radius 3 is 2.53 bits per heavy atom.